The second-order valence-corrected chi connectivity index (χ2v) is 4.15. The minimum Gasteiger partial charge on any atom is -0.497 e. The second kappa shape index (κ2) is 5.53. The number of nitrogens with zero attached hydrogens (tertiary/aromatic N) is 2. The molecule has 0 aliphatic carbocycles. The number of benzene rings is 1. The average molecular weight is 259 g/mol. The van der Waals surface area contributed by atoms with Gasteiger partial charge in [-0.25, -0.2) is 15.8 Å². The Bertz CT molecular complexity index is 585. The van der Waals surface area contributed by atoms with Crippen molar-refractivity contribution in [2.75, 3.05) is 17.9 Å². The Morgan fingerprint density at radius 3 is 2.53 bits per heavy atom. The molecule has 6 heteroatoms. The number of anilines is 3. The monoisotopic (exact) mass is 259 g/mol. The van der Waals surface area contributed by atoms with E-state index in [0.29, 0.717) is 5.82 Å². The number of methoxy groups -OCH3 is 1. The lowest BCUT2D eigenvalue weighted by Crippen LogP contribution is -2.11. The van der Waals surface area contributed by atoms with Crippen LogP contribution in [0.5, 0.6) is 5.75 Å². The molecule has 0 radical (unpaired) electrons. The normalized spacial score (nSPS) is 10.1. The maximum Gasteiger partial charge on any atom is 0.148 e. The topological polar surface area (TPSA) is 85.1 Å². The molecule has 0 bridgehead atoms. The molecule has 19 heavy (non-hydrogen) atoms. The predicted molar refractivity (Wildman–Crippen MR) is 75.6 cm³/mol. The molecule has 0 unspecified atom stereocenters. The van der Waals surface area contributed by atoms with Gasteiger partial charge < -0.3 is 15.5 Å². The average Bonchev–Trinajstić information content (AvgIpc) is 2.43. The highest BCUT2D eigenvalue weighted by molar-refractivity contribution is 5.66. The van der Waals surface area contributed by atoms with E-state index in [1.165, 1.54) is 6.33 Å². The van der Waals surface area contributed by atoms with E-state index >= 15 is 0 Å². The summed E-state index contributed by atoms with van der Waals surface area (Å²) in [5.41, 5.74) is 5.44. The first kappa shape index (κ1) is 13.1. The van der Waals surface area contributed by atoms with Crippen LogP contribution in [0.1, 0.15) is 11.1 Å². The molecule has 1 aromatic heterocycles. The number of hydrogen-bond donors (Lipinski definition) is 3. The smallest absolute Gasteiger partial charge is 0.148 e. The molecule has 1 aromatic carbocycles. The van der Waals surface area contributed by atoms with Crippen molar-refractivity contribution in [3.63, 3.8) is 0 Å². The number of hydrazine groups is 1. The molecule has 0 amide bonds. The maximum atomic E-state index is 5.40. The van der Waals surface area contributed by atoms with Crippen molar-refractivity contribution in [1.82, 2.24) is 9.97 Å². The van der Waals surface area contributed by atoms with Crippen molar-refractivity contribution < 1.29 is 4.74 Å². The van der Waals surface area contributed by atoms with Gasteiger partial charge in [-0.2, -0.15) is 0 Å². The molecule has 100 valence electrons. The third-order valence-corrected chi connectivity index (χ3v) is 2.91. The van der Waals surface area contributed by atoms with Crippen LogP contribution in [0.4, 0.5) is 17.3 Å². The Balaban J connectivity index is 2.31. The Kier molecular flexibility index (Phi) is 3.82. The Labute approximate surface area is 112 Å². The summed E-state index contributed by atoms with van der Waals surface area (Å²) in [4.78, 5) is 8.26. The number of ether oxygens (including phenoxy) is 1. The van der Waals surface area contributed by atoms with Gasteiger partial charge in [0.2, 0.25) is 0 Å². The van der Waals surface area contributed by atoms with Crippen molar-refractivity contribution in [1.29, 1.82) is 0 Å². The summed E-state index contributed by atoms with van der Waals surface area (Å²) in [6.45, 7) is 3.90. The molecular weight excluding hydrogens is 242 g/mol. The van der Waals surface area contributed by atoms with Gasteiger partial charge in [0.15, 0.2) is 0 Å². The molecule has 0 saturated heterocycles. The van der Waals surface area contributed by atoms with Gasteiger partial charge in [0.25, 0.3) is 0 Å². The van der Waals surface area contributed by atoms with Crippen LogP contribution in [0.15, 0.2) is 24.5 Å². The van der Waals surface area contributed by atoms with Crippen LogP contribution in [0, 0.1) is 13.8 Å². The largest absolute Gasteiger partial charge is 0.497 e. The highest BCUT2D eigenvalue weighted by Gasteiger charge is 2.07. The Morgan fingerprint density at radius 2 is 1.89 bits per heavy atom. The summed E-state index contributed by atoms with van der Waals surface area (Å²) in [6.07, 6.45) is 1.46. The van der Waals surface area contributed by atoms with Crippen molar-refractivity contribution >= 4 is 17.3 Å². The van der Waals surface area contributed by atoms with Gasteiger partial charge in [0.1, 0.15) is 23.7 Å². The zero-order valence-corrected chi connectivity index (χ0v) is 11.2. The van der Waals surface area contributed by atoms with E-state index in [9.17, 15) is 0 Å². The van der Waals surface area contributed by atoms with E-state index in [-0.39, 0.29) is 0 Å². The van der Waals surface area contributed by atoms with E-state index in [2.05, 4.69) is 20.7 Å². The highest BCUT2D eigenvalue weighted by Crippen LogP contribution is 2.26. The number of nitrogens with two attached hydrogens (primary N) is 1. The molecule has 0 spiro atoms. The predicted octanol–water partition coefficient (Wildman–Crippen LogP) is 2.13. The van der Waals surface area contributed by atoms with Crippen LogP contribution in [0.2, 0.25) is 0 Å². The molecule has 2 rings (SSSR count). The first-order chi connectivity index (χ1) is 9.15. The van der Waals surface area contributed by atoms with Crippen LogP contribution in [-0.4, -0.2) is 17.1 Å². The number of nitrogen functional groups attached to an aromatic ring is 1. The lowest BCUT2D eigenvalue weighted by molar-refractivity contribution is 0.414. The lowest BCUT2D eigenvalue weighted by Gasteiger charge is -2.13. The first-order valence-corrected chi connectivity index (χ1v) is 5.85. The quantitative estimate of drug-likeness (QED) is 0.576. The standard InChI is InChI=1S/C13H17N5O/c1-8-6-10(19-3)4-5-11(8)17-12-9(2)13(18-14)16-7-15-12/h4-7H,14H2,1-3H3,(H2,15,16,17,18). The number of nitrogens with one attached hydrogen (secondary N) is 2. The van der Waals surface area contributed by atoms with Gasteiger partial charge in [-0.05, 0) is 37.6 Å². The molecular formula is C13H17N5O. The highest BCUT2D eigenvalue weighted by atomic mass is 16.5. The molecule has 0 aliphatic heterocycles. The van der Waals surface area contributed by atoms with Crippen molar-refractivity contribution in [2.24, 2.45) is 5.84 Å². The molecule has 6 nitrogen and oxygen atoms in total. The Hall–Kier alpha value is -2.34. The number of aryl methyl sites for hydroxylation is 1. The van der Waals surface area contributed by atoms with Crippen LogP contribution >= 0.6 is 0 Å². The second-order valence-electron chi connectivity index (χ2n) is 4.15. The van der Waals surface area contributed by atoms with Crippen LogP contribution in [-0.2, 0) is 0 Å². The fourth-order valence-corrected chi connectivity index (χ4v) is 1.75. The van der Waals surface area contributed by atoms with E-state index in [1.807, 2.05) is 32.0 Å². The number of aromatic nitrogens is 2. The van der Waals surface area contributed by atoms with Crippen LogP contribution in [0.3, 0.4) is 0 Å². The van der Waals surface area contributed by atoms with Gasteiger partial charge in [-0.1, -0.05) is 0 Å². The first-order valence-electron chi connectivity index (χ1n) is 5.85. The van der Waals surface area contributed by atoms with E-state index in [1.54, 1.807) is 7.11 Å². The molecule has 4 N–H and O–H groups in total. The van der Waals surface area contributed by atoms with E-state index < -0.39 is 0 Å². The summed E-state index contributed by atoms with van der Waals surface area (Å²) in [5, 5.41) is 3.26. The Morgan fingerprint density at radius 1 is 1.16 bits per heavy atom. The molecule has 2 aromatic rings. The fraction of sp³-hybridized carbons (Fsp3) is 0.231. The van der Waals surface area contributed by atoms with Crippen molar-refractivity contribution in [3.05, 3.63) is 35.7 Å². The maximum absolute atomic E-state index is 5.40. The lowest BCUT2D eigenvalue weighted by atomic mass is 10.2. The summed E-state index contributed by atoms with van der Waals surface area (Å²) in [5.74, 6) is 7.54. The number of hydrogen-bond acceptors (Lipinski definition) is 6. The van der Waals surface area contributed by atoms with E-state index in [4.69, 9.17) is 10.6 Å². The van der Waals surface area contributed by atoms with Crippen molar-refractivity contribution in [2.45, 2.75) is 13.8 Å². The minimum absolute atomic E-state index is 0.601. The summed E-state index contributed by atoms with van der Waals surface area (Å²) >= 11 is 0. The van der Waals surface area contributed by atoms with Crippen LogP contribution in [0.25, 0.3) is 0 Å². The molecule has 1 heterocycles. The van der Waals surface area contributed by atoms with E-state index in [0.717, 1.165) is 28.4 Å². The third-order valence-electron chi connectivity index (χ3n) is 2.91. The summed E-state index contributed by atoms with van der Waals surface area (Å²) in [6, 6.07) is 5.81. The molecule has 0 atom stereocenters. The van der Waals surface area contributed by atoms with Crippen LogP contribution < -0.4 is 21.3 Å². The van der Waals surface area contributed by atoms with Gasteiger partial charge in [-0.15, -0.1) is 0 Å². The number of rotatable bonds is 4. The van der Waals surface area contributed by atoms with Gasteiger partial charge in [-0.3, -0.25) is 0 Å². The van der Waals surface area contributed by atoms with Gasteiger partial charge in [0, 0.05) is 11.3 Å². The molecule has 0 aliphatic rings. The zero-order chi connectivity index (χ0) is 13.8. The zero-order valence-electron chi connectivity index (χ0n) is 11.2. The summed E-state index contributed by atoms with van der Waals surface area (Å²) in [7, 11) is 1.65. The fourth-order valence-electron chi connectivity index (χ4n) is 1.75. The molecule has 0 fully saturated rings. The van der Waals surface area contributed by atoms with Crippen molar-refractivity contribution in [3.8, 4) is 5.75 Å². The SMILES string of the molecule is COc1ccc(Nc2ncnc(NN)c2C)c(C)c1. The van der Waals surface area contributed by atoms with Gasteiger partial charge >= 0.3 is 0 Å². The summed E-state index contributed by atoms with van der Waals surface area (Å²) < 4.78 is 5.18. The molecule has 0 saturated carbocycles. The minimum atomic E-state index is 0.601. The third kappa shape index (κ3) is 2.74. The van der Waals surface area contributed by atoms with Gasteiger partial charge in [0.05, 0.1) is 7.11 Å².